The molecule has 5 aromatic rings. The molecule has 0 aliphatic carbocycles. The molecule has 0 saturated carbocycles. The highest BCUT2D eigenvalue weighted by Crippen LogP contribution is 2.22. The lowest BCUT2D eigenvalue weighted by Crippen LogP contribution is -1.79. The number of nitrogens with two attached hydrogens (primary N) is 1. The number of nitrogen functional groups attached to an aromatic ring is 1. The molecular weight excluding hydrogens is 391 g/mol. The molecule has 6 heteroatoms. The van der Waals surface area contributed by atoms with Gasteiger partial charge in [0.15, 0.2) is 0 Å². The molecule has 0 amide bonds. The van der Waals surface area contributed by atoms with Crippen LogP contribution in [0, 0.1) is 0 Å². The van der Waals surface area contributed by atoms with E-state index in [2.05, 4.69) is 33.2 Å². The number of aromatic amines is 1. The average Bonchev–Trinajstić information content (AvgIpc) is 3.11. The van der Waals surface area contributed by atoms with Gasteiger partial charge in [-0.3, -0.25) is 0 Å². The Bertz CT molecular complexity index is 1090. The van der Waals surface area contributed by atoms with Crippen LogP contribution in [0.3, 0.4) is 0 Å². The summed E-state index contributed by atoms with van der Waals surface area (Å²) in [5.41, 5.74) is 8.29. The third-order valence-corrected chi connectivity index (χ3v) is 4.49. The van der Waals surface area contributed by atoms with Gasteiger partial charge < -0.3 is 10.7 Å². The van der Waals surface area contributed by atoms with Gasteiger partial charge >= 0.3 is 0 Å². The van der Waals surface area contributed by atoms with Crippen LogP contribution in [0.25, 0.3) is 21.9 Å². The van der Waals surface area contributed by atoms with E-state index in [1.165, 1.54) is 10.8 Å². The fourth-order valence-corrected chi connectivity index (χ4v) is 2.74. The van der Waals surface area contributed by atoms with Gasteiger partial charge in [0, 0.05) is 34.4 Å². The molecule has 0 unspecified atom stereocenters. The number of H-pyrrole nitrogens is 1. The van der Waals surface area contributed by atoms with E-state index in [0.29, 0.717) is 10.2 Å². The topological polar surface area (TPSA) is 67.6 Å². The quantitative estimate of drug-likeness (QED) is 0.231. The van der Waals surface area contributed by atoms with Crippen LogP contribution in [0.4, 0.5) is 5.69 Å². The lowest BCUT2D eigenvalue weighted by atomic mass is 10.2. The van der Waals surface area contributed by atoms with E-state index in [4.69, 9.17) is 28.9 Å². The van der Waals surface area contributed by atoms with Crippen molar-refractivity contribution in [3.8, 4) is 0 Å². The zero-order valence-electron chi connectivity index (χ0n) is 14.9. The molecule has 3 heterocycles. The molecular formula is C22H18Cl2N4. The van der Waals surface area contributed by atoms with Crippen LogP contribution < -0.4 is 5.73 Å². The highest BCUT2D eigenvalue weighted by atomic mass is 35.5. The first-order valence-electron chi connectivity index (χ1n) is 8.53. The van der Waals surface area contributed by atoms with Crippen molar-refractivity contribution in [3.63, 3.8) is 0 Å². The Morgan fingerprint density at radius 1 is 0.679 bits per heavy atom. The van der Waals surface area contributed by atoms with Crippen LogP contribution in [0.1, 0.15) is 0 Å². The molecule has 5 rings (SSSR count). The zero-order chi connectivity index (χ0) is 19.8. The molecule has 0 atom stereocenters. The molecule has 3 N–H and O–H groups in total. The van der Waals surface area contributed by atoms with Gasteiger partial charge in [0.05, 0.1) is 5.02 Å². The highest BCUT2D eigenvalue weighted by molar-refractivity contribution is 6.41. The van der Waals surface area contributed by atoms with Crippen molar-refractivity contribution in [2.45, 2.75) is 0 Å². The van der Waals surface area contributed by atoms with E-state index in [1.54, 1.807) is 24.5 Å². The van der Waals surface area contributed by atoms with Crippen molar-refractivity contribution in [1.82, 2.24) is 15.0 Å². The van der Waals surface area contributed by atoms with Crippen LogP contribution in [0.2, 0.25) is 10.2 Å². The minimum absolute atomic E-state index is 0.356. The number of pyridine rings is 2. The van der Waals surface area contributed by atoms with Gasteiger partial charge in [0.1, 0.15) is 10.8 Å². The summed E-state index contributed by atoms with van der Waals surface area (Å²) < 4.78 is 0. The fraction of sp³-hybridized carbons (Fsp3) is 0. The lowest BCUT2D eigenvalue weighted by molar-refractivity contribution is 1.33. The van der Waals surface area contributed by atoms with Crippen molar-refractivity contribution in [1.29, 1.82) is 0 Å². The van der Waals surface area contributed by atoms with Crippen molar-refractivity contribution >= 4 is 50.8 Å². The van der Waals surface area contributed by atoms with Gasteiger partial charge in [-0.15, -0.1) is 0 Å². The van der Waals surface area contributed by atoms with Gasteiger partial charge in [-0.05, 0) is 42.5 Å². The lowest BCUT2D eigenvalue weighted by Gasteiger charge is -1.87. The minimum Gasteiger partial charge on any atom is -0.399 e. The summed E-state index contributed by atoms with van der Waals surface area (Å²) in [6.45, 7) is 0. The van der Waals surface area contributed by atoms with E-state index >= 15 is 0 Å². The maximum Gasteiger partial charge on any atom is 0.147 e. The number of halogens is 2. The van der Waals surface area contributed by atoms with Crippen LogP contribution in [0.5, 0.6) is 0 Å². The Balaban J connectivity index is 0.000000130. The Morgan fingerprint density at radius 3 is 1.96 bits per heavy atom. The van der Waals surface area contributed by atoms with Gasteiger partial charge in [0.2, 0.25) is 0 Å². The summed E-state index contributed by atoms with van der Waals surface area (Å²) in [4.78, 5) is 11.2. The predicted molar refractivity (Wildman–Crippen MR) is 119 cm³/mol. The molecule has 0 aliphatic rings. The third-order valence-electron chi connectivity index (χ3n) is 3.79. The smallest absolute Gasteiger partial charge is 0.147 e. The molecule has 0 bridgehead atoms. The third kappa shape index (κ3) is 5.22. The van der Waals surface area contributed by atoms with Gasteiger partial charge in [-0.25, -0.2) is 9.97 Å². The first kappa shape index (κ1) is 19.7. The number of fused-ring (bicyclic) bond motifs is 3. The van der Waals surface area contributed by atoms with Crippen molar-refractivity contribution in [2.24, 2.45) is 0 Å². The average molecular weight is 409 g/mol. The number of benzene rings is 2. The van der Waals surface area contributed by atoms with Crippen LogP contribution in [0.15, 0.2) is 91.3 Å². The van der Waals surface area contributed by atoms with Crippen molar-refractivity contribution < 1.29 is 0 Å². The summed E-state index contributed by atoms with van der Waals surface area (Å²) >= 11 is 11.0. The molecule has 0 spiro atoms. The number of aromatic nitrogens is 3. The molecule has 0 saturated heterocycles. The summed E-state index contributed by atoms with van der Waals surface area (Å²) in [7, 11) is 0. The summed E-state index contributed by atoms with van der Waals surface area (Å²) in [6.07, 6.45) is 3.39. The molecule has 2 aromatic carbocycles. The number of hydrogen-bond donors (Lipinski definition) is 2. The van der Waals surface area contributed by atoms with Gasteiger partial charge in [0.25, 0.3) is 0 Å². The minimum atomic E-state index is 0.356. The predicted octanol–water partition coefficient (Wildman–Crippen LogP) is 6.37. The summed E-state index contributed by atoms with van der Waals surface area (Å²) in [5.74, 6) is 0. The second kappa shape index (κ2) is 9.74. The van der Waals surface area contributed by atoms with Crippen LogP contribution >= 0.6 is 23.2 Å². The Kier molecular flexibility index (Phi) is 6.84. The first-order valence-corrected chi connectivity index (χ1v) is 9.28. The Labute approximate surface area is 173 Å². The van der Waals surface area contributed by atoms with E-state index in [9.17, 15) is 0 Å². The monoisotopic (exact) mass is 408 g/mol. The standard InChI is InChI=1S/C11H8N2.C6H7N.C5H3Cl2N/c1-2-6-10-8(4-1)9-5-3-7-12-11(9)13-10;7-6-4-2-1-3-5-6;6-4-2-1-3-8-5(4)7/h1-7H,(H,12,13);1-5H,7H2;1-3H. The number of nitrogens with one attached hydrogen (secondary N) is 1. The second-order valence-electron chi connectivity index (χ2n) is 5.76. The maximum atomic E-state index is 5.51. The highest BCUT2D eigenvalue weighted by Gasteiger charge is 2.01. The molecule has 0 fully saturated rings. The zero-order valence-corrected chi connectivity index (χ0v) is 16.4. The molecule has 3 aromatic heterocycles. The number of anilines is 1. The molecule has 4 nitrogen and oxygen atoms in total. The molecule has 0 radical (unpaired) electrons. The Morgan fingerprint density at radius 2 is 1.32 bits per heavy atom. The number of nitrogens with zero attached hydrogens (tertiary/aromatic N) is 2. The van der Waals surface area contributed by atoms with E-state index < -0.39 is 0 Å². The SMILES string of the molecule is Clc1cccnc1Cl.Nc1ccccc1.c1ccc2c(c1)[nH]c1ncccc12. The van der Waals surface area contributed by atoms with Gasteiger partial charge in [-0.1, -0.05) is 59.6 Å². The number of para-hydroxylation sites is 2. The number of rotatable bonds is 0. The number of hydrogen-bond acceptors (Lipinski definition) is 3. The largest absolute Gasteiger partial charge is 0.399 e. The maximum absolute atomic E-state index is 5.51. The van der Waals surface area contributed by atoms with E-state index in [1.807, 2.05) is 48.5 Å². The summed E-state index contributed by atoms with van der Waals surface area (Å²) in [6, 6.07) is 25.2. The van der Waals surface area contributed by atoms with E-state index in [-0.39, 0.29) is 0 Å². The van der Waals surface area contributed by atoms with Gasteiger partial charge in [-0.2, -0.15) is 0 Å². The van der Waals surface area contributed by atoms with Crippen molar-refractivity contribution in [2.75, 3.05) is 5.73 Å². The normalized spacial score (nSPS) is 9.93. The molecule has 28 heavy (non-hydrogen) atoms. The van der Waals surface area contributed by atoms with Crippen LogP contribution in [-0.4, -0.2) is 15.0 Å². The van der Waals surface area contributed by atoms with Crippen molar-refractivity contribution in [3.05, 3.63) is 101 Å². The Hall–Kier alpha value is -3.08. The second-order valence-corrected chi connectivity index (χ2v) is 6.52. The molecule has 140 valence electrons. The first-order chi connectivity index (χ1) is 13.6. The summed E-state index contributed by atoms with van der Waals surface area (Å²) in [5, 5.41) is 3.28. The molecule has 0 aliphatic heterocycles. The fourth-order valence-electron chi connectivity index (χ4n) is 2.50. The van der Waals surface area contributed by atoms with E-state index in [0.717, 1.165) is 16.9 Å². The van der Waals surface area contributed by atoms with Crippen LogP contribution in [-0.2, 0) is 0 Å².